The highest BCUT2D eigenvalue weighted by Gasteiger charge is 2.61. The smallest absolute Gasteiger partial charge is 0.233 e. The fraction of sp³-hybridized carbons (Fsp3) is 0.957. The molecule has 5 nitrogen and oxygen atoms in total. The van der Waals surface area contributed by atoms with Crippen LogP contribution in [-0.2, 0) is 14.6 Å². The summed E-state index contributed by atoms with van der Waals surface area (Å²) in [6.45, 7) is 5.00. The molecule has 4 aliphatic rings. The van der Waals surface area contributed by atoms with Gasteiger partial charge in [-0.25, -0.2) is 20.3 Å². The Morgan fingerprint density at radius 3 is 2.39 bits per heavy atom. The normalized spacial score (nSPS) is 47.1. The molecule has 4 fully saturated rings. The first-order valence-corrected chi connectivity index (χ1v) is 11.5. The molecule has 0 bridgehead atoms. The van der Waals surface area contributed by atoms with Gasteiger partial charge in [0.25, 0.3) is 0 Å². The van der Waals surface area contributed by atoms with Gasteiger partial charge in [0.05, 0.1) is 0 Å². The fourth-order valence-corrected chi connectivity index (χ4v) is 8.41. The van der Waals surface area contributed by atoms with E-state index in [4.69, 9.17) is 0 Å². The maximum atomic E-state index is 10.7. The van der Waals surface area contributed by atoms with Crippen LogP contribution in [0.1, 0.15) is 90.9 Å². The molecule has 0 radical (unpaired) electrons. The Bertz CT molecular complexity index is 575. The average molecular weight is 395 g/mol. The van der Waals surface area contributed by atoms with Gasteiger partial charge >= 0.3 is 0 Å². The summed E-state index contributed by atoms with van der Waals surface area (Å²) in [6, 6.07) is 0. The Balaban J connectivity index is 1.50. The van der Waals surface area contributed by atoms with E-state index in [1.807, 2.05) is 0 Å². The summed E-state index contributed by atoms with van der Waals surface area (Å²) in [6.07, 6.45) is 13.8. The van der Waals surface area contributed by atoms with Crippen LogP contribution in [0.2, 0.25) is 0 Å². The average Bonchev–Trinajstić information content (AvgIpc) is 3.04. The second kappa shape index (κ2) is 7.64. The van der Waals surface area contributed by atoms with Crippen molar-refractivity contribution in [3.63, 3.8) is 0 Å². The van der Waals surface area contributed by atoms with Crippen molar-refractivity contribution in [3.05, 3.63) is 0 Å². The number of aldehydes is 1. The van der Waals surface area contributed by atoms with E-state index in [-0.39, 0.29) is 5.41 Å². The second-order valence-electron chi connectivity index (χ2n) is 10.9. The number of fused-ring (bicyclic) bond motifs is 5. The Morgan fingerprint density at radius 1 is 0.929 bits per heavy atom. The third-order valence-electron chi connectivity index (χ3n) is 10.1. The minimum Gasteiger partial charge on any atom is -0.303 e. The van der Waals surface area contributed by atoms with Crippen molar-refractivity contribution in [2.75, 3.05) is 0 Å². The van der Waals surface area contributed by atoms with Gasteiger partial charge in [-0.2, -0.15) is 0 Å². The van der Waals surface area contributed by atoms with E-state index in [1.165, 1.54) is 38.5 Å². The van der Waals surface area contributed by atoms with Crippen LogP contribution in [-0.4, -0.2) is 22.6 Å². The van der Waals surface area contributed by atoms with Crippen molar-refractivity contribution in [1.29, 1.82) is 0 Å². The summed E-state index contributed by atoms with van der Waals surface area (Å²) in [7, 11) is 0. The Labute approximate surface area is 169 Å². The Hall–Kier alpha value is -0.490. The van der Waals surface area contributed by atoms with E-state index in [0.29, 0.717) is 30.6 Å². The molecule has 4 rings (SSSR count). The van der Waals surface area contributed by atoms with Gasteiger partial charge in [-0.3, -0.25) is 0 Å². The predicted molar refractivity (Wildman–Crippen MR) is 105 cm³/mol. The minimum absolute atomic E-state index is 0.250. The highest BCUT2D eigenvalue weighted by atomic mass is 17.2. The maximum Gasteiger partial charge on any atom is 0.233 e. The van der Waals surface area contributed by atoms with Gasteiger partial charge in [0.1, 0.15) is 6.29 Å². The Kier molecular flexibility index (Phi) is 5.67. The van der Waals surface area contributed by atoms with Gasteiger partial charge in [0.15, 0.2) is 0 Å². The topological polar surface area (TPSA) is 76.0 Å². The van der Waals surface area contributed by atoms with Crippen LogP contribution >= 0.6 is 0 Å². The minimum atomic E-state index is -1.22. The van der Waals surface area contributed by atoms with Gasteiger partial charge in [0, 0.05) is 19.3 Å². The summed E-state index contributed by atoms with van der Waals surface area (Å²) in [5.74, 6) is 2.34. The van der Waals surface area contributed by atoms with Crippen LogP contribution in [0.4, 0.5) is 0 Å². The largest absolute Gasteiger partial charge is 0.303 e. The molecule has 28 heavy (non-hydrogen) atoms. The lowest BCUT2D eigenvalue weighted by molar-refractivity contribution is -0.499. The van der Waals surface area contributed by atoms with Crippen LogP contribution in [0.25, 0.3) is 0 Å². The summed E-state index contributed by atoms with van der Waals surface area (Å²) >= 11 is 0. The van der Waals surface area contributed by atoms with E-state index >= 15 is 0 Å². The number of rotatable bonds is 6. The van der Waals surface area contributed by atoms with Crippen LogP contribution in [0.3, 0.4) is 0 Å². The van der Waals surface area contributed by atoms with Gasteiger partial charge in [0.2, 0.25) is 5.79 Å². The van der Waals surface area contributed by atoms with Crippen molar-refractivity contribution in [2.45, 2.75) is 96.7 Å². The van der Waals surface area contributed by atoms with Crippen molar-refractivity contribution in [2.24, 2.45) is 40.4 Å². The van der Waals surface area contributed by atoms with E-state index in [9.17, 15) is 15.3 Å². The van der Waals surface area contributed by atoms with Crippen LogP contribution < -0.4 is 0 Å². The predicted octanol–water partition coefficient (Wildman–Crippen LogP) is 5.69. The highest BCUT2D eigenvalue weighted by molar-refractivity contribution is 5.48. The summed E-state index contributed by atoms with van der Waals surface area (Å²) in [4.78, 5) is 20.0. The summed E-state index contributed by atoms with van der Waals surface area (Å²) in [5.41, 5.74) is 0.703. The lowest BCUT2D eigenvalue weighted by Crippen LogP contribution is -2.56. The molecular weight excluding hydrogens is 356 g/mol. The number of carbonyl (C=O) groups excluding carboxylic acids is 1. The molecule has 2 N–H and O–H groups in total. The van der Waals surface area contributed by atoms with Gasteiger partial charge in [-0.1, -0.05) is 13.8 Å². The number of unbranched alkanes of at least 4 members (excludes halogenated alkanes) is 1. The standard InChI is InChI=1S/C23H38O5/c1-21-11-10-20-18(19(21)9-7-16(21)5-3-4-14-24)8-6-17-15-23(27-25,28-26)13-12-22(17,20)2/h14,16-20,25-26H,3-13,15H2,1-2H3/t16-,17+,18?,19-,20?,21+,22-/m0/s1. The van der Waals surface area contributed by atoms with Gasteiger partial charge < -0.3 is 4.79 Å². The SMILES string of the molecule is C[C@]12CCC3C(CC[C@@H]4CC(OO)(OO)CC[C@]34C)[C@@H]1CC[C@@H]2CCCC=O. The fourth-order valence-electron chi connectivity index (χ4n) is 8.41. The van der Waals surface area contributed by atoms with E-state index in [1.54, 1.807) is 0 Å². The van der Waals surface area contributed by atoms with E-state index < -0.39 is 5.79 Å². The third kappa shape index (κ3) is 3.08. The zero-order chi connectivity index (χ0) is 20.0. The first-order chi connectivity index (χ1) is 13.4. The third-order valence-corrected chi connectivity index (χ3v) is 10.1. The van der Waals surface area contributed by atoms with Crippen molar-refractivity contribution in [3.8, 4) is 0 Å². The molecule has 0 amide bonds. The molecule has 0 aliphatic heterocycles. The monoisotopic (exact) mass is 394 g/mol. The number of hydrogen-bond donors (Lipinski definition) is 2. The quantitative estimate of drug-likeness (QED) is 0.199. The summed E-state index contributed by atoms with van der Waals surface area (Å²) < 4.78 is 0. The molecule has 4 aliphatic carbocycles. The number of carbonyl (C=O) groups is 1. The first kappa shape index (κ1) is 20.8. The van der Waals surface area contributed by atoms with Crippen molar-refractivity contribution in [1.82, 2.24) is 0 Å². The lowest BCUT2D eigenvalue weighted by Gasteiger charge is -2.61. The molecular formula is C23H38O5. The highest BCUT2D eigenvalue weighted by Crippen LogP contribution is 2.68. The molecule has 160 valence electrons. The van der Waals surface area contributed by atoms with Gasteiger partial charge in [-0.15, -0.1) is 0 Å². The zero-order valence-electron chi connectivity index (χ0n) is 17.6. The van der Waals surface area contributed by atoms with E-state index in [2.05, 4.69) is 23.6 Å². The lowest BCUT2D eigenvalue weighted by atomic mass is 9.44. The zero-order valence-corrected chi connectivity index (χ0v) is 17.6. The molecule has 0 aromatic carbocycles. The van der Waals surface area contributed by atoms with E-state index in [0.717, 1.165) is 49.2 Å². The summed E-state index contributed by atoms with van der Waals surface area (Å²) in [5, 5.41) is 18.6. The first-order valence-electron chi connectivity index (χ1n) is 11.5. The van der Waals surface area contributed by atoms with Crippen LogP contribution in [0, 0.1) is 40.4 Å². The molecule has 5 heteroatoms. The van der Waals surface area contributed by atoms with Crippen LogP contribution in [0.15, 0.2) is 0 Å². The molecule has 0 heterocycles. The van der Waals surface area contributed by atoms with Gasteiger partial charge in [-0.05, 0) is 98.2 Å². The molecule has 7 atom stereocenters. The molecule has 0 saturated heterocycles. The Morgan fingerprint density at radius 2 is 1.68 bits per heavy atom. The molecule has 0 aromatic rings. The maximum absolute atomic E-state index is 10.7. The molecule has 2 unspecified atom stereocenters. The second-order valence-corrected chi connectivity index (χ2v) is 10.9. The number of hydrogen-bond acceptors (Lipinski definition) is 5. The molecule has 4 saturated carbocycles. The van der Waals surface area contributed by atoms with Crippen molar-refractivity contribution >= 4 is 6.29 Å². The molecule has 0 spiro atoms. The molecule has 0 aromatic heterocycles. The van der Waals surface area contributed by atoms with Crippen LogP contribution in [0.5, 0.6) is 0 Å². The van der Waals surface area contributed by atoms with Crippen molar-refractivity contribution < 1.29 is 25.1 Å².